The van der Waals surface area contributed by atoms with Crippen molar-refractivity contribution in [2.75, 3.05) is 58.1 Å². The number of benzene rings is 1. The van der Waals surface area contributed by atoms with E-state index in [0.717, 1.165) is 24.3 Å². The fourth-order valence-electron chi connectivity index (χ4n) is 3.03. The molecule has 11 heteroatoms. The van der Waals surface area contributed by atoms with Crippen molar-refractivity contribution in [3.05, 3.63) is 48.2 Å². The van der Waals surface area contributed by atoms with Gasteiger partial charge in [0, 0.05) is 13.1 Å². The normalized spacial score (nSPS) is 11.4. The van der Waals surface area contributed by atoms with Crippen LogP contribution in [0.1, 0.15) is 5.56 Å². The van der Waals surface area contributed by atoms with E-state index in [1.807, 2.05) is 38.4 Å². The number of hydrogen-bond donors (Lipinski definition) is 2. The summed E-state index contributed by atoms with van der Waals surface area (Å²) in [5, 5.41) is 7.48. The average molecular weight is 453 g/mol. The summed E-state index contributed by atoms with van der Waals surface area (Å²) in [6, 6.07) is 11.5. The predicted octanol–water partition coefficient (Wildman–Crippen LogP) is 1.97. The molecule has 0 amide bonds. The minimum atomic E-state index is 0.194. The first-order chi connectivity index (χ1) is 16.1. The Labute approximate surface area is 191 Å². The van der Waals surface area contributed by atoms with Gasteiger partial charge in [0.1, 0.15) is 12.4 Å². The van der Waals surface area contributed by atoms with Crippen LogP contribution in [-0.2, 0) is 11.2 Å². The minimum absolute atomic E-state index is 0.194. The Morgan fingerprint density at radius 2 is 1.91 bits per heavy atom. The van der Waals surface area contributed by atoms with E-state index in [-0.39, 0.29) is 5.95 Å². The third kappa shape index (κ3) is 6.18. The average Bonchev–Trinajstić information content (AvgIpc) is 3.47. The van der Waals surface area contributed by atoms with Crippen LogP contribution in [0, 0.1) is 0 Å². The van der Waals surface area contributed by atoms with Gasteiger partial charge in [0.2, 0.25) is 17.7 Å². The van der Waals surface area contributed by atoms with E-state index in [4.69, 9.17) is 19.6 Å². The van der Waals surface area contributed by atoms with Crippen molar-refractivity contribution < 1.29 is 13.9 Å². The van der Waals surface area contributed by atoms with Crippen molar-refractivity contribution in [2.45, 2.75) is 6.42 Å². The molecule has 0 aliphatic carbocycles. The Morgan fingerprint density at radius 3 is 2.67 bits per heavy atom. The molecular formula is C22H28N8O3. The van der Waals surface area contributed by atoms with Gasteiger partial charge in [-0.05, 0) is 50.3 Å². The number of nitrogens with zero attached hydrogens (tertiary/aromatic N) is 6. The molecule has 0 fully saturated rings. The molecule has 0 unspecified atom stereocenters. The van der Waals surface area contributed by atoms with Gasteiger partial charge in [-0.25, -0.2) is 0 Å². The van der Waals surface area contributed by atoms with Crippen LogP contribution in [-0.4, -0.2) is 76.5 Å². The predicted molar refractivity (Wildman–Crippen MR) is 124 cm³/mol. The van der Waals surface area contributed by atoms with Gasteiger partial charge in [0.25, 0.3) is 5.78 Å². The van der Waals surface area contributed by atoms with E-state index < -0.39 is 0 Å². The second kappa shape index (κ2) is 10.7. The zero-order valence-electron chi connectivity index (χ0n) is 18.8. The molecule has 174 valence electrons. The summed E-state index contributed by atoms with van der Waals surface area (Å²) in [7, 11) is 4.04. The van der Waals surface area contributed by atoms with E-state index in [9.17, 15) is 0 Å². The van der Waals surface area contributed by atoms with Gasteiger partial charge in [0.05, 0.1) is 19.5 Å². The van der Waals surface area contributed by atoms with Crippen LogP contribution >= 0.6 is 0 Å². The summed E-state index contributed by atoms with van der Waals surface area (Å²) in [5.74, 6) is 2.71. The second-order valence-electron chi connectivity index (χ2n) is 7.61. The van der Waals surface area contributed by atoms with Gasteiger partial charge in [0.15, 0.2) is 5.76 Å². The van der Waals surface area contributed by atoms with Crippen molar-refractivity contribution in [3.63, 3.8) is 0 Å². The van der Waals surface area contributed by atoms with Crippen molar-refractivity contribution in [1.82, 2.24) is 29.5 Å². The Bertz CT molecular complexity index is 1140. The summed E-state index contributed by atoms with van der Waals surface area (Å²) in [5.41, 5.74) is 7.18. The van der Waals surface area contributed by atoms with Gasteiger partial charge in [-0.3, -0.25) is 0 Å². The maximum atomic E-state index is 6.02. The standard InChI is InChI=1S/C22H28N8O3/c1-29(2)11-13-31-14-15-32-17-7-5-16(6-8-17)9-10-24-21-26-20(23)30-22(27-21)25-19(28-30)18-4-3-12-33-18/h3-8,12H,9-11,13-15H2,1-2H3,(H3,23,24,25,26,27,28). The highest BCUT2D eigenvalue weighted by Crippen LogP contribution is 2.18. The number of likely N-dealkylation sites (N-methyl/N-ethyl adjacent to an activating group) is 1. The Kier molecular flexibility index (Phi) is 7.33. The summed E-state index contributed by atoms with van der Waals surface area (Å²) >= 11 is 0. The van der Waals surface area contributed by atoms with Crippen molar-refractivity contribution in [1.29, 1.82) is 0 Å². The number of aromatic nitrogens is 5. The van der Waals surface area contributed by atoms with Crippen LogP contribution in [0.25, 0.3) is 17.4 Å². The lowest BCUT2D eigenvalue weighted by atomic mass is 10.1. The van der Waals surface area contributed by atoms with Crippen molar-refractivity contribution in [2.24, 2.45) is 0 Å². The molecule has 4 aromatic rings. The largest absolute Gasteiger partial charge is 0.491 e. The second-order valence-corrected chi connectivity index (χ2v) is 7.61. The van der Waals surface area contributed by atoms with Gasteiger partial charge < -0.3 is 29.8 Å². The maximum Gasteiger partial charge on any atom is 0.259 e. The monoisotopic (exact) mass is 452 g/mol. The third-order valence-corrected chi connectivity index (χ3v) is 4.77. The number of rotatable bonds is 12. The van der Waals surface area contributed by atoms with Gasteiger partial charge in [-0.2, -0.15) is 19.5 Å². The van der Waals surface area contributed by atoms with Crippen LogP contribution in [0.5, 0.6) is 5.75 Å². The lowest BCUT2D eigenvalue weighted by Crippen LogP contribution is -2.19. The van der Waals surface area contributed by atoms with E-state index >= 15 is 0 Å². The maximum absolute atomic E-state index is 6.02. The highest BCUT2D eigenvalue weighted by atomic mass is 16.5. The molecule has 3 aromatic heterocycles. The molecular weight excluding hydrogens is 424 g/mol. The smallest absolute Gasteiger partial charge is 0.259 e. The van der Waals surface area contributed by atoms with E-state index in [2.05, 4.69) is 30.3 Å². The lowest BCUT2D eigenvalue weighted by molar-refractivity contribution is 0.0890. The summed E-state index contributed by atoms with van der Waals surface area (Å²) in [6.07, 6.45) is 2.34. The topological polar surface area (TPSA) is 129 Å². The molecule has 4 rings (SSSR count). The highest BCUT2D eigenvalue weighted by Gasteiger charge is 2.13. The van der Waals surface area contributed by atoms with Crippen LogP contribution < -0.4 is 15.8 Å². The molecule has 0 aliphatic rings. The number of hydrogen-bond acceptors (Lipinski definition) is 10. The van der Waals surface area contributed by atoms with Crippen LogP contribution in [0.15, 0.2) is 47.1 Å². The summed E-state index contributed by atoms with van der Waals surface area (Å²) in [4.78, 5) is 15.1. The van der Waals surface area contributed by atoms with E-state index in [0.29, 0.717) is 49.7 Å². The molecule has 0 radical (unpaired) electrons. The Hall–Kier alpha value is -3.70. The van der Waals surface area contributed by atoms with Crippen LogP contribution in [0.3, 0.4) is 0 Å². The van der Waals surface area contributed by atoms with Gasteiger partial charge in [-0.1, -0.05) is 12.1 Å². The summed E-state index contributed by atoms with van der Waals surface area (Å²) < 4.78 is 18.0. The first-order valence-electron chi connectivity index (χ1n) is 10.7. The number of nitrogens with two attached hydrogens (primary N) is 1. The molecule has 0 bridgehead atoms. The minimum Gasteiger partial charge on any atom is -0.491 e. The summed E-state index contributed by atoms with van der Waals surface area (Å²) in [6.45, 7) is 3.34. The molecule has 3 heterocycles. The SMILES string of the molecule is CN(C)CCOCCOc1ccc(CCNc2nc(N)n3nc(-c4ccco4)nc3n2)cc1. The zero-order valence-corrected chi connectivity index (χ0v) is 18.8. The molecule has 0 spiro atoms. The first kappa shape index (κ1) is 22.5. The van der Waals surface area contributed by atoms with E-state index in [1.54, 1.807) is 18.4 Å². The van der Waals surface area contributed by atoms with Crippen LogP contribution in [0.2, 0.25) is 0 Å². The van der Waals surface area contributed by atoms with Crippen molar-refractivity contribution >= 4 is 17.7 Å². The van der Waals surface area contributed by atoms with Gasteiger partial charge in [-0.15, -0.1) is 5.10 Å². The fraction of sp³-hybridized carbons (Fsp3) is 0.364. The lowest BCUT2D eigenvalue weighted by Gasteiger charge is -2.11. The number of fused-ring (bicyclic) bond motifs is 1. The Balaban J connectivity index is 1.24. The van der Waals surface area contributed by atoms with Crippen LogP contribution in [0.4, 0.5) is 11.9 Å². The third-order valence-electron chi connectivity index (χ3n) is 4.77. The van der Waals surface area contributed by atoms with Gasteiger partial charge >= 0.3 is 0 Å². The highest BCUT2D eigenvalue weighted by molar-refractivity contribution is 5.52. The first-order valence-corrected chi connectivity index (χ1v) is 10.7. The molecule has 0 atom stereocenters. The zero-order chi connectivity index (χ0) is 23.0. The number of anilines is 2. The molecule has 3 N–H and O–H groups in total. The van der Waals surface area contributed by atoms with E-state index in [1.165, 1.54) is 4.52 Å². The quantitative estimate of drug-likeness (QED) is 0.308. The Morgan fingerprint density at radius 1 is 1.06 bits per heavy atom. The number of furan rings is 1. The molecule has 1 aromatic carbocycles. The molecule has 0 saturated carbocycles. The molecule has 11 nitrogen and oxygen atoms in total. The molecule has 33 heavy (non-hydrogen) atoms. The number of ether oxygens (including phenoxy) is 2. The molecule has 0 saturated heterocycles. The fourth-order valence-corrected chi connectivity index (χ4v) is 3.03. The number of nitrogens with one attached hydrogen (secondary N) is 1. The van der Waals surface area contributed by atoms with Crippen molar-refractivity contribution in [3.8, 4) is 17.3 Å². The number of nitrogen functional groups attached to an aromatic ring is 1. The molecule has 0 aliphatic heterocycles.